The lowest BCUT2D eigenvalue weighted by Crippen LogP contribution is -2.28. The van der Waals surface area contributed by atoms with E-state index in [0.29, 0.717) is 29.8 Å². The highest BCUT2D eigenvalue weighted by Crippen LogP contribution is 2.36. The van der Waals surface area contributed by atoms with Crippen molar-refractivity contribution in [3.05, 3.63) is 63.1 Å². The van der Waals surface area contributed by atoms with Crippen molar-refractivity contribution >= 4 is 11.8 Å². The number of pyridine rings is 1. The van der Waals surface area contributed by atoms with Gasteiger partial charge in [-0.15, -0.1) is 0 Å². The first-order chi connectivity index (χ1) is 12.0. The SMILES string of the molecule is CCOC(=O)c1cc2c([nH]c1=O)C[C@H](c1ccccc1OC)CC2=O. The lowest BCUT2D eigenvalue weighted by Gasteiger charge is -2.25. The lowest BCUT2D eigenvalue weighted by molar-refractivity contribution is 0.0524. The number of nitrogens with one attached hydrogen (secondary N) is 1. The molecular weight excluding hydrogens is 322 g/mol. The Hall–Kier alpha value is -2.89. The second kappa shape index (κ2) is 6.93. The van der Waals surface area contributed by atoms with Gasteiger partial charge in [0.05, 0.1) is 13.7 Å². The Bertz CT molecular complexity index is 884. The van der Waals surface area contributed by atoms with Crippen LogP contribution in [0.15, 0.2) is 35.1 Å². The molecule has 0 bridgehead atoms. The van der Waals surface area contributed by atoms with Gasteiger partial charge >= 0.3 is 5.97 Å². The van der Waals surface area contributed by atoms with E-state index in [1.807, 2.05) is 24.3 Å². The molecule has 2 aromatic rings. The Balaban J connectivity index is 1.99. The second-order valence-electron chi connectivity index (χ2n) is 5.90. The van der Waals surface area contributed by atoms with Gasteiger partial charge in [-0.2, -0.15) is 0 Å². The van der Waals surface area contributed by atoms with Gasteiger partial charge in [0, 0.05) is 23.6 Å². The standard InChI is InChI=1S/C19H19NO5/c1-3-25-19(23)14-10-13-15(20-18(14)22)8-11(9-16(13)21)12-6-4-5-7-17(12)24-2/h4-7,10-11H,3,8-9H2,1-2H3,(H,20,22)/t11-/m0/s1. The van der Waals surface area contributed by atoms with E-state index in [4.69, 9.17) is 9.47 Å². The summed E-state index contributed by atoms with van der Waals surface area (Å²) < 4.78 is 10.2. The van der Waals surface area contributed by atoms with Gasteiger partial charge in [-0.1, -0.05) is 18.2 Å². The number of ketones is 1. The lowest BCUT2D eigenvalue weighted by atomic mass is 9.81. The van der Waals surface area contributed by atoms with Crippen LogP contribution < -0.4 is 10.3 Å². The van der Waals surface area contributed by atoms with E-state index in [2.05, 4.69) is 4.98 Å². The van der Waals surface area contributed by atoms with Gasteiger partial charge in [-0.3, -0.25) is 9.59 Å². The highest BCUT2D eigenvalue weighted by atomic mass is 16.5. The zero-order chi connectivity index (χ0) is 18.0. The number of hydrogen-bond acceptors (Lipinski definition) is 5. The summed E-state index contributed by atoms with van der Waals surface area (Å²) in [6.45, 7) is 1.83. The first-order valence-corrected chi connectivity index (χ1v) is 8.14. The molecule has 0 saturated heterocycles. The van der Waals surface area contributed by atoms with Crippen molar-refractivity contribution in [2.75, 3.05) is 13.7 Å². The third-order valence-electron chi connectivity index (χ3n) is 4.38. The molecule has 1 aliphatic carbocycles. The maximum absolute atomic E-state index is 12.6. The van der Waals surface area contributed by atoms with Crippen molar-refractivity contribution in [1.29, 1.82) is 0 Å². The molecule has 0 unspecified atom stereocenters. The smallest absolute Gasteiger partial charge is 0.343 e. The van der Waals surface area contributed by atoms with Gasteiger partial charge in [0.2, 0.25) is 0 Å². The molecule has 130 valence electrons. The van der Waals surface area contributed by atoms with Crippen LogP contribution in [0.25, 0.3) is 0 Å². The van der Waals surface area contributed by atoms with Gasteiger partial charge in [0.25, 0.3) is 5.56 Å². The number of para-hydroxylation sites is 1. The number of fused-ring (bicyclic) bond motifs is 1. The third-order valence-corrected chi connectivity index (χ3v) is 4.38. The molecule has 1 aromatic heterocycles. The van der Waals surface area contributed by atoms with Crippen LogP contribution in [0, 0.1) is 0 Å². The fourth-order valence-corrected chi connectivity index (χ4v) is 3.21. The zero-order valence-corrected chi connectivity index (χ0v) is 14.1. The quantitative estimate of drug-likeness (QED) is 0.864. The number of hydrogen-bond donors (Lipinski definition) is 1. The van der Waals surface area contributed by atoms with Gasteiger partial charge in [0.1, 0.15) is 11.3 Å². The normalized spacial score (nSPS) is 16.2. The molecule has 6 heteroatoms. The van der Waals surface area contributed by atoms with E-state index >= 15 is 0 Å². The van der Waals surface area contributed by atoms with Gasteiger partial charge in [-0.25, -0.2) is 4.79 Å². The summed E-state index contributed by atoms with van der Waals surface area (Å²) in [5.41, 5.74) is 1.19. The van der Waals surface area contributed by atoms with Crippen molar-refractivity contribution in [1.82, 2.24) is 4.98 Å². The molecule has 1 N–H and O–H groups in total. The van der Waals surface area contributed by atoms with Crippen molar-refractivity contribution in [2.45, 2.75) is 25.7 Å². The zero-order valence-electron chi connectivity index (χ0n) is 14.1. The van der Waals surface area contributed by atoms with Crippen LogP contribution in [0.2, 0.25) is 0 Å². The predicted octanol–water partition coefficient (Wildman–Crippen LogP) is 2.47. The number of esters is 1. The van der Waals surface area contributed by atoms with E-state index in [1.165, 1.54) is 6.07 Å². The summed E-state index contributed by atoms with van der Waals surface area (Å²) >= 11 is 0. The molecule has 1 heterocycles. The van der Waals surface area contributed by atoms with Crippen LogP contribution in [0.4, 0.5) is 0 Å². The summed E-state index contributed by atoms with van der Waals surface area (Å²) in [5.74, 6) is -0.195. The molecule has 0 aliphatic heterocycles. The molecular formula is C19H19NO5. The van der Waals surface area contributed by atoms with Crippen LogP contribution >= 0.6 is 0 Å². The largest absolute Gasteiger partial charge is 0.496 e. The van der Waals surface area contributed by atoms with Gasteiger partial charge < -0.3 is 14.5 Å². The number of rotatable bonds is 4. The van der Waals surface area contributed by atoms with Crippen molar-refractivity contribution in [2.24, 2.45) is 0 Å². The molecule has 25 heavy (non-hydrogen) atoms. The summed E-state index contributed by atoms with van der Waals surface area (Å²) in [4.78, 5) is 39.3. The monoisotopic (exact) mass is 341 g/mol. The number of aromatic amines is 1. The fraction of sp³-hybridized carbons (Fsp3) is 0.316. The molecule has 6 nitrogen and oxygen atoms in total. The summed E-state index contributed by atoms with van der Waals surface area (Å²) in [6, 6.07) is 8.89. The van der Waals surface area contributed by atoms with Crippen LogP contribution in [-0.4, -0.2) is 30.5 Å². The van der Waals surface area contributed by atoms with E-state index < -0.39 is 11.5 Å². The molecule has 0 radical (unpaired) electrons. The second-order valence-corrected chi connectivity index (χ2v) is 5.90. The maximum Gasteiger partial charge on any atom is 0.343 e. The van der Waals surface area contributed by atoms with E-state index in [9.17, 15) is 14.4 Å². The Morgan fingerprint density at radius 2 is 2.00 bits per heavy atom. The number of benzene rings is 1. The number of carbonyl (C=O) groups is 2. The molecule has 0 spiro atoms. The van der Waals surface area contributed by atoms with Crippen LogP contribution in [-0.2, 0) is 11.2 Å². The average Bonchev–Trinajstić information content (AvgIpc) is 2.61. The number of H-pyrrole nitrogens is 1. The molecule has 3 rings (SSSR count). The van der Waals surface area contributed by atoms with Crippen LogP contribution in [0.5, 0.6) is 5.75 Å². The van der Waals surface area contributed by atoms with E-state index in [1.54, 1.807) is 14.0 Å². The Kier molecular flexibility index (Phi) is 4.70. The Morgan fingerprint density at radius 3 is 2.72 bits per heavy atom. The molecule has 1 aliphatic rings. The first kappa shape index (κ1) is 17.0. The summed E-state index contributed by atoms with van der Waals surface area (Å²) in [7, 11) is 1.59. The molecule has 0 saturated carbocycles. The summed E-state index contributed by atoms with van der Waals surface area (Å²) in [6.07, 6.45) is 0.793. The fourth-order valence-electron chi connectivity index (χ4n) is 3.21. The van der Waals surface area contributed by atoms with Crippen LogP contribution in [0.3, 0.4) is 0 Å². The predicted molar refractivity (Wildman–Crippen MR) is 91.4 cm³/mol. The van der Waals surface area contributed by atoms with Crippen LogP contribution in [0.1, 0.15) is 51.2 Å². The number of aromatic nitrogens is 1. The molecule has 1 atom stereocenters. The summed E-state index contributed by atoms with van der Waals surface area (Å²) in [5, 5.41) is 0. The first-order valence-electron chi connectivity index (χ1n) is 8.14. The number of Topliss-reactive ketones (excluding diaryl/α,β-unsaturated/α-hetero) is 1. The third kappa shape index (κ3) is 3.20. The van der Waals surface area contributed by atoms with Crippen molar-refractivity contribution in [3.63, 3.8) is 0 Å². The highest BCUT2D eigenvalue weighted by molar-refractivity contribution is 6.01. The maximum atomic E-state index is 12.6. The average molecular weight is 341 g/mol. The minimum Gasteiger partial charge on any atom is -0.496 e. The highest BCUT2D eigenvalue weighted by Gasteiger charge is 2.30. The minimum absolute atomic E-state index is 0.0831. The van der Waals surface area contributed by atoms with Gasteiger partial charge in [-0.05, 0) is 31.0 Å². The Labute approximate surface area is 144 Å². The molecule has 0 fully saturated rings. The topological polar surface area (TPSA) is 85.5 Å². The van der Waals surface area contributed by atoms with E-state index in [0.717, 1.165) is 5.56 Å². The van der Waals surface area contributed by atoms with E-state index in [-0.39, 0.29) is 23.9 Å². The van der Waals surface area contributed by atoms with Crippen molar-refractivity contribution < 1.29 is 19.1 Å². The molecule has 1 aromatic carbocycles. The number of ether oxygens (including phenoxy) is 2. The Morgan fingerprint density at radius 1 is 1.24 bits per heavy atom. The van der Waals surface area contributed by atoms with Gasteiger partial charge in [0.15, 0.2) is 5.78 Å². The minimum atomic E-state index is -0.716. The van der Waals surface area contributed by atoms with Crippen molar-refractivity contribution in [3.8, 4) is 5.75 Å². The molecule has 0 amide bonds. The number of methoxy groups -OCH3 is 1. The number of carbonyl (C=O) groups excluding carboxylic acids is 2.